The number of nitrogens with zero attached hydrogens (tertiary/aromatic N) is 1. The van der Waals surface area contributed by atoms with Gasteiger partial charge in [-0.15, -0.1) is 0 Å². The maximum absolute atomic E-state index is 10.9. The first-order valence-corrected chi connectivity index (χ1v) is 1.54. The third kappa shape index (κ3) is 5.74. The average Bonchev–Trinajstić information content (AvgIpc) is 1.27. The highest BCUT2D eigenvalue weighted by molar-refractivity contribution is 4.42. The third-order valence-electron chi connectivity index (χ3n) is 0.294. The van der Waals surface area contributed by atoms with Crippen LogP contribution < -0.4 is 0 Å². The van der Waals surface area contributed by atoms with E-state index in [9.17, 15) is 14.0 Å². The van der Waals surface area contributed by atoms with Gasteiger partial charge in [0.1, 0.15) is 0 Å². The third-order valence-corrected chi connectivity index (χ3v) is 0.294. The Kier molecular flexibility index (Phi) is 2.73. The van der Waals surface area contributed by atoms with E-state index in [0.29, 0.717) is 0 Å². The summed E-state index contributed by atoms with van der Waals surface area (Å²) in [5.74, 6) is 0. The number of hydrogen-bond acceptors (Lipinski definition) is 3. The second-order valence-electron chi connectivity index (χ2n) is 0.926. The monoisotopic (exact) mass is 112 g/mol. The van der Waals surface area contributed by atoms with E-state index in [-0.39, 0.29) is 0 Å². The molecule has 3 nitrogen and oxygen atoms in total. The van der Waals surface area contributed by atoms with Crippen molar-refractivity contribution < 1.29 is 14.0 Å². The van der Waals surface area contributed by atoms with Gasteiger partial charge >= 0.3 is 0 Å². The van der Waals surface area contributed by atoms with Gasteiger partial charge in [-0.3, -0.25) is 5.23 Å². The van der Waals surface area contributed by atoms with E-state index in [0.717, 1.165) is 0 Å². The van der Waals surface area contributed by atoms with Gasteiger partial charge in [0.2, 0.25) is 0 Å². The van der Waals surface area contributed by atoms with Crippen molar-refractivity contribution in [3.05, 3.63) is 5.21 Å². The quantitative estimate of drug-likeness (QED) is 0.527. The largest absolute Gasteiger partial charge is 0.762 e. The van der Waals surface area contributed by atoms with Gasteiger partial charge in [0.05, 0.1) is 6.54 Å². The first-order valence-electron chi connectivity index (χ1n) is 1.54. The smallest absolute Gasteiger partial charge is 0.252 e. The van der Waals surface area contributed by atoms with Gasteiger partial charge in [-0.05, 0) is 0 Å². The minimum atomic E-state index is -2.76. The van der Waals surface area contributed by atoms with E-state index in [4.69, 9.17) is 5.21 Å². The molecule has 0 radical (unpaired) electrons. The van der Waals surface area contributed by atoms with Gasteiger partial charge in [0, 0.05) is 0 Å². The first kappa shape index (κ1) is 6.74. The lowest BCUT2D eigenvalue weighted by atomic mass is 10.7. The molecule has 1 N–H and O–H groups in total. The molecule has 0 spiro atoms. The van der Waals surface area contributed by atoms with E-state index in [1.165, 1.54) is 0 Å². The van der Waals surface area contributed by atoms with Crippen molar-refractivity contribution in [2.24, 2.45) is 0 Å². The molecule has 0 saturated carbocycles. The molecule has 0 aliphatic rings. The second kappa shape index (κ2) is 2.84. The molecule has 0 heterocycles. The standard InChI is InChI=1S/C2H4F2NO2/c3-2(4)1-5(6)7/h2,6H,1H2/q-1. The van der Waals surface area contributed by atoms with Crippen molar-refractivity contribution in [2.75, 3.05) is 6.54 Å². The van der Waals surface area contributed by atoms with Crippen molar-refractivity contribution in [1.29, 1.82) is 0 Å². The topological polar surface area (TPSA) is 46.5 Å². The zero-order valence-electron chi connectivity index (χ0n) is 3.34. The van der Waals surface area contributed by atoms with Gasteiger partial charge in [-0.25, -0.2) is 8.78 Å². The van der Waals surface area contributed by atoms with E-state index < -0.39 is 18.2 Å². The SMILES string of the molecule is [O-]N(O)CC(F)F. The molecule has 0 unspecified atom stereocenters. The number of halogens is 2. The predicted octanol–water partition coefficient (Wildman–Crippen LogP) is 0.440. The van der Waals surface area contributed by atoms with Crippen molar-refractivity contribution in [1.82, 2.24) is 5.23 Å². The molecule has 0 aromatic carbocycles. The van der Waals surface area contributed by atoms with E-state index >= 15 is 0 Å². The van der Waals surface area contributed by atoms with Crippen LogP contribution in [0.4, 0.5) is 8.78 Å². The summed E-state index contributed by atoms with van der Waals surface area (Å²) >= 11 is 0. The van der Waals surface area contributed by atoms with Crippen LogP contribution in [0.1, 0.15) is 0 Å². The van der Waals surface area contributed by atoms with Crippen LogP contribution in [0.15, 0.2) is 0 Å². The fourth-order valence-corrected chi connectivity index (χ4v) is 0.118. The Morgan fingerprint density at radius 3 is 2.14 bits per heavy atom. The van der Waals surface area contributed by atoms with Crippen LogP contribution in [0.5, 0.6) is 0 Å². The predicted molar refractivity (Wildman–Crippen MR) is 17.9 cm³/mol. The minimum Gasteiger partial charge on any atom is -0.762 e. The molecule has 0 aromatic heterocycles. The van der Waals surface area contributed by atoms with E-state index in [1.807, 2.05) is 0 Å². The Morgan fingerprint density at radius 2 is 2.14 bits per heavy atom. The lowest BCUT2D eigenvalue weighted by Crippen LogP contribution is -2.18. The molecule has 0 atom stereocenters. The maximum atomic E-state index is 10.9. The van der Waals surface area contributed by atoms with Crippen molar-refractivity contribution in [3.8, 4) is 0 Å². The van der Waals surface area contributed by atoms with Crippen molar-refractivity contribution >= 4 is 0 Å². The van der Waals surface area contributed by atoms with Crippen LogP contribution in [0.2, 0.25) is 0 Å². The Morgan fingerprint density at radius 1 is 1.71 bits per heavy atom. The Bertz CT molecular complexity index is 43.0. The molecular weight excluding hydrogens is 108 g/mol. The van der Waals surface area contributed by atoms with Crippen molar-refractivity contribution in [2.45, 2.75) is 6.43 Å². The van der Waals surface area contributed by atoms with E-state index in [1.54, 1.807) is 0 Å². The average molecular weight is 112 g/mol. The number of alkyl halides is 2. The zero-order chi connectivity index (χ0) is 5.86. The molecule has 0 saturated heterocycles. The van der Waals surface area contributed by atoms with Crippen LogP contribution in [-0.4, -0.2) is 23.4 Å². The molecule has 0 amide bonds. The molecular formula is C2H4F2NO2-. The minimum absolute atomic E-state index is 0.801. The van der Waals surface area contributed by atoms with E-state index in [2.05, 4.69) is 0 Å². The van der Waals surface area contributed by atoms with Crippen LogP contribution in [-0.2, 0) is 0 Å². The maximum Gasteiger partial charge on any atom is 0.252 e. The van der Waals surface area contributed by atoms with Crippen LogP contribution in [0.25, 0.3) is 0 Å². The van der Waals surface area contributed by atoms with Gasteiger partial charge < -0.3 is 10.4 Å². The summed E-state index contributed by atoms with van der Waals surface area (Å²) in [6.07, 6.45) is -2.76. The highest BCUT2D eigenvalue weighted by atomic mass is 19.3. The first-order chi connectivity index (χ1) is 3.13. The molecule has 0 fully saturated rings. The highest BCUT2D eigenvalue weighted by Crippen LogP contribution is 1.91. The lowest BCUT2D eigenvalue weighted by Gasteiger charge is -2.17. The fourth-order valence-electron chi connectivity index (χ4n) is 0.118. The van der Waals surface area contributed by atoms with Gasteiger partial charge in [0.15, 0.2) is 0 Å². The number of rotatable bonds is 2. The summed E-state index contributed by atoms with van der Waals surface area (Å²) in [6.45, 7) is -1.14. The van der Waals surface area contributed by atoms with Crippen molar-refractivity contribution in [3.63, 3.8) is 0 Å². The number of hydroxylamine groups is 2. The summed E-state index contributed by atoms with van der Waals surface area (Å²) < 4.78 is 21.8. The summed E-state index contributed by atoms with van der Waals surface area (Å²) in [6, 6.07) is 0. The lowest BCUT2D eigenvalue weighted by molar-refractivity contribution is -0.0761. The van der Waals surface area contributed by atoms with Gasteiger partial charge in [0.25, 0.3) is 6.43 Å². The second-order valence-corrected chi connectivity index (χ2v) is 0.926. The molecule has 0 rings (SSSR count). The Hall–Kier alpha value is -0.260. The molecule has 44 valence electrons. The summed E-state index contributed by atoms with van der Waals surface area (Å²) in [4.78, 5) is 0. The molecule has 0 aromatic rings. The molecule has 0 aliphatic heterocycles. The van der Waals surface area contributed by atoms with Crippen LogP contribution in [0, 0.1) is 5.21 Å². The Balaban J connectivity index is 2.95. The van der Waals surface area contributed by atoms with Gasteiger partial charge in [-0.2, -0.15) is 0 Å². The Labute approximate surface area is 38.7 Å². The molecule has 0 bridgehead atoms. The highest BCUT2D eigenvalue weighted by Gasteiger charge is 1.99. The molecule has 7 heavy (non-hydrogen) atoms. The van der Waals surface area contributed by atoms with Crippen LogP contribution >= 0.6 is 0 Å². The fraction of sp³-hybridized carbons (Fsp3) is 1.00. The van der Waals surface area contributed by atoms with Crippen LogP contribution in [0.3, 0.4) is 0 Å². The van der Waals surface area contributed by atoms with Gasteiger partial charge in [-0.1, -0.05) is 0 Å². The zero-order valence-corrected chi connectivity index (χ0v) is 3.34. The molecule has 5 heteroatoms. The summed E-state index contributed by atoms with van der Waals surface area (Å²) in [5.41, 5.74) is 0. The summed E-state index contributed by atoms with van der Waals surface area (Å²) in [5, 5.41) is 16.0. The molecule has 0 aliphatic carbocycles. The normalized spacial score (nSPS) is 11.1. The summed E-state index contributed by atoms with van der Waals surface area (Å²) in [7, 11) is 0. The number of hydrogen-bond donors (Lipinski definition) is 1.